The first-order valence-electron chi connectivity index (χ1n) is 14.4. The number of para-hydroxylation sites is 2. The van der Waals surface area contributed by atoms with Crippen molar-refractivity contribution in [2.45, 2.75) is 58.8 Å². The summed E-state index contributed by atoms with van der Waals surface area (Å²) in [6.07, 6.45) is 5.71. The van der Waals surface area contributed by atoms with E-state index in [0.717, 1.165) is 60.8 Å². The molecule has 4 aromatic carbocycles. The molecule has 41 heavy (non-hydrogen) atoms. The molecule has 0 spiro atoms. The predicted octanol–water partition coefficient (Wildman–Crippen LogP) is 9.18. The number of anilines is 2. The minimum absolute atomic E-state index is 0.507. The highest BCUT2D eigenvalue weighted by atomic mass is 16.6. The molecule has 0 bridgehead atoms. The zero-order valence-electron chi connectivity index (χ0n) is 23.8. The van der Waals surface area contributed by atoms with Crippen LogP contribution in [0.1, 0.15) is 61.8 Å². The molecule has 0 aliphatic rings. The number of hydrogen-bond donors (Lipinski definition) is 2. The van der Waals surface area contributed by atoms with Gasteiger partial charge in [-0.15, -0.1) is 0 Å². The molecule has 0 unspecified atom stereocenters. The molecule has 4 rings (SSSR count). The van der Waals surface area contributed by atoms with E-state index >= 15 is 0 Å². The fourth-order valence-electron chi connectivity index (χ4n) is 4.49. The lowest BCUT2D eigenvalue weighted by molar-refractivity contribution is 0.213. The van der Waals surface area contributed by atoms with Crippen LogP contribution in [0.3, 0.4) is 0 Å². The van der Waals surface area contributed by atoms with Gasteiger partial charge in [0.05, 0.1) is 0 Å². The Kier molecular flexibility index (Phi) is 11.0. The van der Waals surface area contributed by atoms with Gasteiger partial charge in [0.1, 0.15) is 11.5 Å². The molecule has 2 N–H and O–H groups in total. The number of carbonyl (C=O) groups excluding carboxylic acids is 2. The largest absolute Gasteiger partial charge is 0.417 e. The maximum atomic E-state index is 12.5. The van der Waals surface area contributed by atoms with E-state index in [0.29, 0.717) is 29.3 Å². The van der Waals surface area contributed by atoms with Crippen molar-refractivity contribution in [1.82, 2.24) is 0 Å². The van der Waals surface area contributed by atoms with Crippen molar-refractivity contribution in [3.05, 3.63) is 119 Å². The maximum absolute atomic E-state index is 12.5. The first kappa shape index (κ1) is 29.4. The van der Waals surface area contributed by atoms with Crippen LogP contribution in [-0.4, -0.2) is 12.2 Å². The molecule has 6 nitrogen and oxygen atoms in total. The number of carbonyl (C=O) groups is 2. The molecule has 0 aliphatic carbocycles. The summed E-state index contributed by atoms with van der Waals surface area (Å²) in [6.45, 7) is 4.28. The van der Waals surface area contributed by atoms with Crippen molar-refractivity contribution in [1.29, 1.82) is 0 Å². The normalized spacial score (nSPS) is 10.6. The van der Waals surface area contributed by atoms with Crippen molar-refractivity contribution in [3.8, 4) is 11.5 Å². The summed E-state index contributed by atoms with van der Waals surface area (Å²) in [7, 11) is 0. The molecule has 0 aromatic heterocycles. The van der Waals surface area contributed by atoms with E-state index in [2.05, 4.69) is 24.5 Å². The van der Waals surface area contributed by atoms with Gasteiger partial charge in [0.25, 0.3) is 0 Å². The number of unbranched alkanes of at least 4 members (excludes halogenated alkanes) is 2. The van der Waals surface area contributed by atoms with Crippen LogP contribution in [0.2, 0.25) is 0 Å². The number of nitrogens with one attached hydrogen (secondary N) is 2. The minimum atomic E-state index is -0.507. The highest BCUT2D eigenvalue weighted by Crippen LogP contribution is 2.23. The summed E-state index contributed by atoms with van der Waals surface area (Å²) in [5.41, 5.74) is 5.59. The van der Waals surface area contributed by atoms with Gasteiger partial charge in [-0.05, 0) is 90.8 Å². The van der Waals surface area contributed by atoms with Gasteiger partial charge < -0.3 is 9.47 Å². The van der Waals surface area contributed by atoms with Gasteiger partial charge >= 0.3 is 12.2 Å². The molecule has 212 valence electrons. The first-order chi connectivity index (χ1) is 20.0. The van der Waals surface area contributed by atoms with E-state index in [9.17, 15) is 9.59 Å². The van der Waals surface area contributed by atoms with Gasteiger partial charge in [0.15, 0.2) is 0 Å². The summed E-state index contributed by atoms with van der Waals surface area (Å²) < 4.78 is 11.2. The summed E-state index contributed by atoms with van der Waals surface area (Å²) in [5, 5.41) is 5.62. The molecule has 0 atom stereocenters. The second-order valence-electron chi connectivity index (χ2n) is 10.0. The summed E-state index contributed by atoms with van der Waals surface area (Å²) in [5.74, 6) is 1.19. The molecule has 0 saturated carbocycles. The fraction of sp³-hybridized carbons (Fsp3) is 0.257. The van der Waals surface area contributed by atoms with Crippen molar-refractivity contribution in [2.24, 2.45) is 0 Å². The lowest BCUT2D eigenvalue weighted by atomic mass is 10.0. The number of amides is 2. The Bertz CT molecular complexity index is 1310. The van der Waals surface area contributed by atoms with Crippen molar-refractivity contribution in [3.63, 3.8) is 0 Å². The van der Waals surface area contributed by atoms with Crippen molar-refractivity contribution < 1.29 is 19.1 Å². The Hall–Kier alpha value is -4.58. The van der Waals surface area contributed by atoms with E-state index in [-0.39, 0.29) is 0 Å². The molecule has 0 aliphatic heterocycles. The van der Waals surface area contributed by atoms with E-state index in [1.54, 1.807) is 0 Å². The van der Waals surface area contributed by atoms with Crippen LogP contribution in [0.4, 0.5) is 21.0 Å². The minimum Gasteiger partial charge on any atom is -0.410 e. The van der Waals surface area contributed by atoms with Crippen LogP contribution in [0.5, 0.6) is 11.5 Å². The molecule has 0 radical (unpaired) electrons. The Balaban J connectivity index is 1.27. The third-order valence-electron chi connectivity index (χ3n) is 6.76. The lowest BCUT2D eigenvalue weighted by Gasteiger charge is -2.11. The lowest BCUT2D eigenvalue weighted by Crippen LogP contribution is -2.17. The van der Waals surface area contributed by atoms with Crippen LogP contribution in [-0.2, 0) is 19.3 Å². The zero-order chi connectivity index (χ0) is 28.9. The third kappa shape index (κ3) is 9.24. The van der Waals surface area contributed by atoms with E-state index < -0.39 is 12.2 Å². The van der Waals surface area contributed by atoms with Crippen LogP contribution in [0.25, 0.3) is 0 Å². The summed E-state index contributed by atoms with van der Waals surface area (Å²) in [4.78, 5) is 25.0. The second-order valence-corrected chi connectivity index (χ2v) is 10.0. The SMILES string of the molecule is CCCCc1ccccc1OC(=O)Nc1ccc(Cc2ccc(NC(=O)Oc3ccccc3CCCC)cc2)cc1. The number of rotatable bonds is 12. The number of hydrogen-bond acceptors (Lipinski definition) is 4. The summed E-state index contributed by atoms with van der Waals surface area (Å²) >= 11 is 0. The quantitative estimate of drug-likeness (QED) is 0.184. The smallest absolute Gasteiger partial charge is 0.410 e. The third-order valence-corrected chi connectivity index (χ3v) is 6.76. The van der Waals surface area contributed by atoms with E-state index in [1.165, 1.54) is 0 Å². The Morgan fingerprint density at radius 1 is 0.561 bits per heavy atom. The zero-order valence-corrected chi connectivity index (χ0v) is 23.8. The van der Waals surface area contributed by atoms with Gasteiger partial charge in [-0.25, -0.2) is 9.59 Å². The van der Waals surface area contributed by atoms with E-state index in [4.69, 9.17) is 9.47 Å². The molecule has 0 saturated heterocycles. The maximum Gasteiger partial charge on any atom is 0.417 e. The van der Waals surface area contributed by atoms with E-state index in [1.807, 2.05) is 97.1 Å². The monoisotopic (exact) mass is 550 g/mol. The highest BCUT2D eigenvalue weighted by Gasteiger charge is 2.11. The van der Waals surface area contributed by atoms with Gasteiger partial charge in [0.2, 0.25) is 0 Å². The van der Waals surface area contributed by atoms with Crippen LogP contribution in [0, 0.1) is 0 Å². The second kappa shape index (κ2) is 15.3. The molecular formula is C35H38N2O4. The van der Waals surface area contributed by atoms with Gasteiger partial charge in [-0.1, -0.05) is 87.4 Å². The molecule has 0 fully saturated rings. The van der Waals surface area contributed by atoms with Gasteiger partial charge in [0, 0.05) is 11.4 Å². The number of ether oxygens (including phenoxy) is 2. The highest BCUT2D eigenvalue weighted by molar-refractivity contribution is 5.87. The number of benzene rings is 4. The van der Waals surface area contributed by atoms with Crippen molar-refractivity contribution in [2.75, 3.05) is 10.6 Å². The molecule has 2 amide bonds. The summed E-state index contributed by atoms with van der Waals surface area (Å²) in [6, 6.07) is 30.7. The average Bonchev–Trinajstić information content (AvgIpc) is 2.98. The molecule has 0 heterocycles. The van der Waals surface area contributed by atoms with Gasteiger partial charge in [-0.3, -0.25) is 10.6 Å². The number of aryl methyl sites for hydroxylation is 2. The predicted molar refractivity (Wildman–Crippen MR) is 165 cm³/mol. The fourth-order valence-corrected chi connectivity index (χ4v) is 4.49. The van der Waals surface area contributed by atoms with Crippen molar-refractivity contribution >= 4 is 23.6 Å². The molecule has 4 aromatic rings. The Labute approximate surface area is 242 Å². The van der Waals surface area contributed by atoms with Crippen LogP contribution in [0.15, 0.2) is 97.1 Å². The topological polar surface area (TPSA) is 76.7 Å². The molecule has 6 heteroatoms. The van der Waals surface area contributed by atoms with Crippen LogP contribution < -0.4 is 20.1 Å². The van der Waals surface area contributed by atoms with Gasteiger partial charge in [-0.2, -0.15) is 0 Å². The molecular weight excluding hydrogens is 512 g/mol. The first-order valence-corrected chi connectivity index (χ1v) is 14.4. The Morgan fingerprint density at radius 2 is 0.951 bits per heavy atom. The standard InChI is InChI=1S/C35H38N2O4/c1-3-5-11-28-13-7-9-15-32(28)40-34(38)36-30-21-17-26(18-22-30)25-27-19-23-31(24-20-27)37-35(39)41-33-16-10-8-14-29(33)12-6-4-2/h7-10,13-24H,3-6,11-12,25H2,1-2H3,(H,36,38)(H,37,39). The Morgan fingerprint density at radius 3 is 1.34 bits per heavy atom. The average molecular weight is 551 g/mol. The van der Waals surface area contributed by atoms with Crippen LogP contribution >= 0.6 is 0 Å².